The van der Waals surface area contributed by atoms with E-state index in [-0.39, 0.29) is 23.7 Å². The quantitative estimate of drug-likeness (QED) is 0.617. The van der Waals surface area contributed by atoms with Crippen LogP contribution in [0.2, 0.25) is 0 Å². The fraction of sp³-hybridized carbons (Fsp3) is 0.727. The Morgan fingerprint density at radius 1 is 1.35 bits per heavy atom. The molecule has 0 aromatic heterocycles. The van der Waals surface area contributed by atoms with Crippen molar-refractivity contribution in [2.75, 3.05) is 6.54 Å². The average molecular weight is 240 g/mol. The molecular formula is C11H16N2O4. The Morgan fingerprint density at radius 3 is 2.53 bits per heavy atom. The Kier molecular flexibility index (Phi) is 3.31. The summed E-state index contributed by atoms with van der Waals surface area (Å²) in [4.78, 5) is 33.7. The third-order valence-corrected chi connectivity index (χ3v) is 3.29. The molecule has 1 aliphatic heterocycles. The number of carboxylic acids is 1. The molecule has 2 amide bonds. The summed E-state index contributed by atoms with van der Waals surface area (Å²) < 4.78 is 0. The summed E-state index contributed by atoms with van der Waals surface area (Å²) in [5.41, 5.74) is 0. The number of aliphatic carboxylic acids is 1. The number of hydrogen-bond donors (Lipinski definition) is 3. The summed E-state index contributed by atoms with van der Waals surface area (Å²) >= 11 is 0. The SMILES string of the molecule is O=C1CCC(C(=O)NC(C(=O)O)C2CC2)CN1. The Hall–Kier alpha value is -1.59. The molecule has 0 aromatic carbocycles. The van der Waals surface area contributed by atoms with Gasteiger partial charge in [-0.05, 0) is 25.2 Å². The van der Waals surface area contributed by atoms with Crippen molar-refractivity contribution < 1.29 is 19.5 Å². The zero-order valence-electron chi connectivity index (χ0n) is 9.44. The fourth-order valence-electron chi connectivity index (χ4n) is 2.04. The molecular weight excluding hydrogens is 224 g/mol. The molecule has 1 saturated carbocycles. The number of nitrogens with one attached hydrogen (secondary N) is 2. The van der Waals surface area contributed by atoms with Crippen molar-refractivity contribution in [1.29, 1.82) is 0 Å². The molecule has 2 rings (SSSR count). The number of carbonyl (C=O) groups excluding carboxylic acids is 2. The van der Waals surface area contributed by atoms with Gasteiger partial charge in [-0.3, -0.25) is 9.59 Å². The molecule has 2 atom stereocenters. The summed E-state index contributed by atoms with van der Waals surface area (Å²) in [6, 6.07) is -0.764. The lowest BCUT2D eigenvalue weighted by Crippen LogP contribution is -2.49. The van der Waals surface area contributed by atoms with Crippen molar-refractivity contribution in [3.05, 3.63) is 0 Å². The van der Waals surface area contributed by atoms with Crippen LogP contribution < -0.4 is 10.6 Å². The molecule has 2 aliphatic rings. The van der Waals surface area contributed by atoms with Crippen LogP contribution in [0.25, 0.3) is 0 Å². The van der Waals surface area contributed by atoms with Gasteiger partial charge in [0, 0.05) is 13.0 Å². The smallest absolute Gasteiger partial charge is 0.326 e. The summed E-state index contributed by atoms with van der Waals surface area (Å²) in [5.74, 6) is -1.50. The van der Waals surface area contributed by atoms with E-state index in [4.69, 9.17) is 5.11 Å². The van der Waals surface area contributed by atoms with Crippen LogP contribution in [-0.2, 0) is 14.4 Å². The van der Waals surface area contributed by atoms with Crippen LogP contribution in [0.5, 0.6) is 0 Å². The van der Waals surface area contributed by atoms with Gasteiger partial charge in [-0.2, -0.15) is 0 Å². The van der Waals surface area contributed by atoms with Crippen LogP contribution in [0, 0.1) is 11.8 Å². The second-order valence-electron chi connectivity index (χ2n) is 4.70. The van der Waals surface area contributed by atoms with Gasteiger partial charge >= 0.3 is 5.97 Å². The highest BCUT2D eigenvalue weighted by atomic mass is 16.4. The molecule has 0 bridgehead atoms. The lowest BCUT2D eigenvalue weighted by molar-refractivity contribution is -0.143. The number of piperidine rings is 1. The lowest BCUT2D eigenvalue weighted by atomic mass is 9.97. The third kappa shape index (κ3) is 2.95. The monoisotopic (exact) mass is 240 g/mol. The predicted octanol–water partition coefficient (Wildman–Crippen LogP) is -0.508. The first-order valence-corrected chi connectivity index (χ1v) is 5.88. The van der Waals surface area contributed by atoms with Crippen molar-refractivity contribution in [1.82, 2.24) is 10.6 Å². The van der Waals surface area contributed by atoms with Gasteiger partial charge in [0.1, 0.15) is 6.04 Å². The van der Waals surface area contributed by atoms with E-state index < -0.39 is 12.0 Å². The van der Waals surface area contributed by atoms with E-state index in [1.807, 2.05) is 0 Å². The second kappa shape index (κ2) is 4.73. The summed E-state index contributed by atoms with van der Waals surface area (Å²) in [7, 11) is 0. The Labute approximate surface area is 98.8 Å². The van der Waals surface area contributed by atoms with Crippen LogP contribution in [-0.4, -0.2) is 35.5 Å². The van der Waals surface area contributed by atoms with E-state index in [9.17, 15) is 14.4 Å². The Morgan fingerprint density at radius 2 is 2.06 bits per heavy atom. The zero-order chi connectivity index (χ0) is 12.4. The van der Waals surface area contributed by atoms with Gasteiger partial charge in [-0.1, -0.05) is 0 Å². The maximum absolute atomic E-state index is 11.8. The Balaban J connectivity index is 1.87. The molecule has 3 N–H and O–H groups in total. The molecule has 94 valence electrons. The lowest BCUT2D eigenvalue weighted by Gasteiger charge is -2.23. The van der Waals surface area contributed by atoms with E-state index in [0.29, 0.717) is 19.4 Å². The first-order valence-electron chi connectivity index (χ1n) is 5.88. The van der Waals surface area contributed by atoms with Crippen LogP contribution in [0.3, 0.4) is 0 Å². The first-order chi connectivity index (χ1) is 8.08. The summed E-state index contributed by atoms with van der Waals surface area (Å²) in [5, 5.41) is 14.2. The molecule has 2 unspecified atom stereocenters. The number of amides is 2. The van der Waals surface area contributed by atoms with Crippen LogP contribution in [0.15, 0.2) is 0 Å². The van der Waals surface area contributed by atoms with Crippen LogP contribution in [0.4, 0.5) is 0 Å². The fourth-order valence-corrected chi connectivity index (χ4v) is 2.04. The van der Waals surface area contributed by atoms with E-state index in [1.165, 1.54) is 0 Å². The molecule has 2 fully saturated rings. The van der Waals surface area contributed by atoms with Crippen molar-refractivity contribution >= 4 is 17.8 Å². The highest BCUT2D eigenvalue weighted by Crippen LogP contribution is 2.33. The normalized spacial score (nSPS) is 25.9. The summed E-state index contributed by atoms with van der Waals surface area (Å²) in [6.07, 6.45) is 2.55. The average Bonchev–Trinajstić information content (AvgIpc) is 3.10. The van der Waals surface area contributed by atoms with E-state index in [0.717, 1.165) is 12.8 Å². The molecule has 6 heteroatoms. The molecule has 0 radical (unpaired) electrons. The van der Waals surface area contributed by atoms with Crippen LogP contribution >= 0.6 is 0 Å². The number of rotatable bonds is 4. The number of carboxylic acid groups (broad SMARTS) is 1. The minimum Gasteiger partial charge on any atom is -0.480 e. The molecule has 0 spiro atoms. The Bertz CT molecular complexity index is 341. The minimum absolute atomic E-state index is 0.0500. The summed E-state index contributed by atoms with van der Waals surface area (Å²) in [6.45, 7) is 0.307. The predicted molar refractivity (Wildman–Crippen MR) is 58.0 cm³/mol. The molecule has 1 saturated heterocycles. The van der Waals surface area contributed by atoms with Crippen molar-refractivity contribution in [3.8, 4) is 0 Å². The standard InChI is InChI=1S/C11H16N2O4/c14-8-4-3-7(5-12-8)10(15)13-9(11(16)17)6-1-2-6/h6-7,9H,1-5H2,(H,12,14)(H,13,15)(H,16,17). The van der Waals surface area contributed by atoms with E-state index in [2.05, 4.69) is 10.6 Å². The first kappa shape index (κ1) is 11.9. The van der Waals surface area contributed by atoms with Crippen LogP contribution in [0.1, 0.15) is 25.7 Å². The van der Waals surface area contributed by atoms with Crippen molar-refractivity contribution in [2.45, 2.75) is 31.7 Å². The number of carbonyl (C=O) groups is 3. The topological polar surface area (TPSA) is 95.5 Å². The van der Waals surface area contributed by atoms with Gasteiger partial charge in [-0.25, -0.2) is 4.79 Å². The van der Waals surface area contributed by atoms with Crippen molar-refractivity contribution in [3.63, 3.8) is 0 Å². The van der Waals surface area contributed by atoms with Gasteiger partial charge in [0.15, 0.2) is 0 Å². The number of hydrogen-bond acceptors (Lipinski definition) is 3. The van der Waals surface area contributed by atoms with Crippen molar-refractivity contribution in [2.24, 2.45) is 11.8 Å². The third-order valence-electron chi connectivity index (χ3n) is 3.29. The second-order valence-corrected chi connectivity index (χ2v) is 4.70. The minimum atomic E-state index is -0.972. The largest absolute Gasteiger partial charge is 0.480 e. The van der Waals surface area contributed by atoms with E-state index in [1.54, 1.807) is 0 Å². The molecule has 1 aliphatic carbocycles. The van der Waals surface area contributed by atoms with Gasteiger partial charge in [0.05, 0.1) is 5.92 Å². The zero-order valence-corrected chi connectivity index (χ0v) is 9.44. The van der Waals surface area contributed by atoms with Gasteiger partial charge in [-0.15, -0.1) is 0 Å². The van der Waals surface area contributed by atoms with Gasteiger partial charge in [0.2, 0.25) is 11.8 Å². The highest BCUT2D eigenvalue weighted by molar-refractivity contribution is 5.87. The van der Waals surface area contributed by atoms with Gasteiger partial charge < -0.3 is 15.7 Å². The van der Waals surface area contributed by atoms with E-state index >= 15 is 0 Å². The molecule has 0 aromatic rings. The maximum Gasteiger partial charge on any atom is 0.326 e. The molecule has 6 nitrogen and oxygen atoms in total. The maximum atomic E-state index is 11.8. The van der Waals surface area contributed by atoms with Gasteiger partial charge in [0.25, 0.3) is 0 Å². The molecule has 1 heterocycles. The highest BCUT2D eigenvalue weighted by Gasteiger charge is 2.38. The molecule has 17 heavy (non-hydrogen) atoms.